The molecule has 0 bridgehead atoms. The van der Waals surface area contributed by atoms with E-state index in [1.54, 1.807) is 36.3 Å². The van der Waals surface area contributed by atoms with Gasteiger partial charge in [0.2, 0.25) is 5.60 Å². The normalized spacial score (nSPS) is 14.1. The summed E-state index contributed by atoms with van der Waals surface area (Å²) in [5, 5.41) is 9.29. The van der Waals surface area contributed by atoms with Gasteiger partial charge in [0.05, 0.1) is 10.6 Å². The fraction of sp³-hybridized carbons (Fsp3) is 0.222. The van der Waals surface area contributed by atoms with Crippen molar-refractivity contribution in [1.29, 1.82) is 0 Å². The molecule has 8 heteroatoms. The lowest BCUT2D eigenvalue weighted by Gasteiger charge is -2.20. The lowest BCUT2D eigenvalue weighted by molar-refractivity contribution is -0.228. The molecule has 0 spiro atoms. The fourth-order valence-electron chi connectivity index (χ4n) is 1.91. The first-order valence-electron chi connectivity index (χ1n) is 7.41. The van der Waals surface area contributed by atoms with Crippen molar-refractivity contribution in [2.24, 2.45) is 0 Å². The molecule has 1 atom stereocenters. The molecule has 2 aromatic carbocycles. The molecule has 0 radical (unpaired) electrons. The predicted molar refractivity (Wildman–Crippen MR) is 92.0 cm³/mol. The Kier molecular flexibility index (Phi) is 5.35. The number of aliphatic hydroxyl groups is 1. The highest BCUT2D eigenvalue weighted by atomic mass is 32.2. The van der Waals surface area contributed by atoms with Crippen LogP contribution in [-0.4, -0.2) is 32.3 Å². The van der Waals surface area contributed by atoms with Crippen LogP contribution in [0.2, 0.25) is 0 Å². The van der Waals surface area contributed by atoms with Crippen LogP contribution in [0, 0.1) is 11.8 Å². The second-order valence-corrected chi connectivity index (χ2v) is 7.62. The summed E-state index contributed by atoms with van der Waals surface area (Å²) in [6, 6.07) is 13.5. The van der Waals surface area contributed by atoms with Crippen LogP contribution in [-0.2, 0) is 10.0 Å². The minimum atomic E-state index is -4.89. The molecule has 4 nitrogen and oxygen atoms in total. The minimum absolute atomic E-state index is 0.0306. The van der Waals surface area contributed by atoms with E-state index in [9.17, 15) is 26.7 Å². The Morgan fingerprint density at radius 2 is 1.54 bits per heavy atom. The highest BCUT2D eigenvalue weighted by molar-refractivity contribution is 7.92. The van der Waals surface area contributed by atoms with E-state index in [0.717, 1.165) is 4.31 Å². The molecule has 0 aliphatic carbocycles. The molecule has 0 saturated carbocycles. The SMILES string of the molecule is CN(c1ccccc1)S(=O)(=O)c1ccc(C#CC(C)(O)C(F)(F)F)cc1. The number of halogens is 3. The zero-order chi connectivity index (χ0) is 19.6. The Morgan fingerprint density at radius 1 is 1.00 bits per heavy atom. The van der Waals surface area contributed by atoms with Gasteiger partial charge in [-0.15, -0.1) is 0 Å². The maximum atomic E-state index is 12.6. The number of alkyl halides is 3. The Morgan fingerprint density at radius 3 is 2.04 bits per heavy atom. The number of benzene rings is 2. The lowest BCUT2D eigenvalue weighted by atomic mass is 10.1. The van der Waals surface area contributed by atoms with Gasteiger partial charge >= 0.3 is 6.18 Å². The van der Waals surface area contributed by atoms with E-state index in [1.807, 2.05) is 0 Å². The van der Waals surface area contributed by atoms with Crippen LogP contribution in [0.25, 0.3) is 0 Å². The average Bonchev–Trinajstić information content (AvgIpc) is 2.59. The van der Waals surface area contributed by atoms with Crippen molar-refractivity contribution in [2.75, 3.05) is 11.4 Å². The van der Waals surface area contributed by atoms with Crippen molar-refractivity contribution in [3.05, 3.63) is 60.2 Å². The molecular weight excluding hydrogens is 367 g/mol. The van der Waals surface area contributed by atoms with E-state index in [4.69, 9.17) is 0 Å². The van der Waals surface area contributed by atoms with Crippen molar-refractivity contribution in [3.8, 4) is 11.8 Å². The topological polar surface area (TPSA) is 57.6 Å². The fourth-order valence-corrected chi connectivity index (χ4v) is 3.11. The van der Waals surface area contributed by atoms with Crippen molar-refractivity contribution in [3.63, 3.8) is 0 Å². The molecule has 2 rings (SSSR count). The molecule has 0 aliphatic rings. The van der Waals surface area contributed by atoms with Crippen LogP contribution >= 0.6 is 0 Å². The summed E-state index contributed by atoms with van der Waals surface area (Å²) in [6.07, 6.45) is -4.89. The van der Waals surface area contributed by atoms with Crippen molar-refractivity contribution >= 4 is 15.7 Å². The van der Waals surface area contributed by atoms with Crippen LogP contribution in [0.1, 0.15) is 12.5 Å². The van der Waals surface area contributed by atoms with Gasteiger partial charge in [-0.3, -0.25) is 4.31 Å². The third-order valence-corrected chi connectivity index (χ3v) is 5.43. The first kappa shape index (κ1) is 19.8. The van der Waals surface area contributed by atoms with E-state index >= 15 is 0 Å². The summed E-state index contributed by atoms with van der Waals surface area (Å²) in [6.45, 7) is 0.549. The third-order valence-electron chi connectivity index (χ3n) is 3.63. The molecule has 0 heterocycles. The van der Waals surface area contributed by atoms with Gasteiger partial charge in [-0.2, -0.15) is 13.2 Å². The molecular formula is C18H16F3NO3S. The molecule has 1 unspecified atom stereocenters. The molecule has 1 N–H and O–H groups in total. The predicted octanol–water partition coefficient (Wildman–Crippen LogP) is 3.18. The lowest BCUT2D eigenvalue weighted by Crippen LogP contribution is -2.40. The third kappa shape index (κ3) is 4.18. The molecule has 0 aliphatic heterocycles. The molecule has 0 aromatic heterocycles. The van der Waals surface area contributed by atoms with E-state index < -0.39 is 21.8 Å². The molecule has 0 amide bonds. The number of hydrogen-bond donors (Lipinski definition) is 1. The van der Waals surface area contributed by atoms with Gasteiger partial charge in [0.1, 0.15) is 0 Å². The Balaban J connectivity index is 2.28. The molecule has 0 fully saturated rings. The Bertz CT molecular complexity index is 926. The zero-order valence-electron chi connectivity index (χ0n) is 13.9. The zero-order valence-corrected chi connectivity index (χ0v) is 14.8. The minimum Gasteiger partial charge on any atom is -0.370 e. The second kappa shape index (κ2) is 7.02. The number of nitrogens with zero attached hydrogens (tertiary/aromatic N) is 1. The van der Waals surface area contributed by atoms with Crippen LogP contribution in [0.15, 0.2) is 59.5 Å². The Hall–Kier alpha value is -2.50. The number of hydrogen-bond acceptors (Lipinski definition) is 3. The van der Waals surface area contributed by atoms with Gasteiger partial charge < -0.3 is 5.11 Å². The molecule has 0 saturated heterocycles. The van der Waals surface area contributed by atoms with Crippen molar-refractivity contribution < 1.29 is 26.7 Å². The summed E-state index contributed by atoms with van der Waals surface area (Å²) in [7, 11) is -2.42. The first-order chi connectivity index (χ1) is 11.9. The van der Waals surface area contributed by atoms with E-state index in [1.165, 1.54) is 31.3 Å². The van der Waals surface area contributed by atoms with E-state index in [2.05, 4.69) is 5.92 Å². The van der Waals surface area contributed by atoms with Gasteiger partial charge in [0.15, 0.2) is 0 Å². The standard InChI is InChI=1S/C18H16F3NO3S/c1-17(23,18(19,20)21)13-12-14-8-10-16(11-9-14)26(24,25)22(2)15-6-4-3-5-7-15/h3-11,23H,1-2H3. The quantitative estimate of drug-likeness (QED) is 0.829. The van der Waals surface area contributed by atoms with E-state index in [-0.39, 0.29) is 10.5 Å². The summed E-state index contributed by atoms with van der Waals surface area (Å²) < 4.78 is 64.0. The van der Waals surface area contributed by atoms with Gasteiger partial charge in [-0.25, -0.2) is 8.42 Å². The highest BCUT2D eigenvalue weighted by Crippen LogP contribution is 2.29. The summed E-state index contributed by atoms with van der Waals surface area (Å²) in [5.41, 5.74) is -2.53. The van der Waals surface area contributed by atoms with Crippen LogP contribution in [0.5, 0.6) is 0 Å². The largest absolute Gasteiger partial charge is 0.428 e. The highest BCUT2D eigenvalue weighted by Gasteiger charge is 2.48. The summed E-state index contributed by atoms with van der Waals surface area (Å²) >= 11 is 0. The second-order valence-electron chi connectivity index (χ2n) is 5.65. The number of rotatable bonds is 3. The van der Waals surface area contributed by atoms with E-state index in [0.29, 0.717) is 12.6 Å². The first-order valence-corrected chi connectivity index (χ1v) is 8.85. The number of sulfonamides is 1. The van der Waals surface area contributed by atoms with Crippen LogP contribution < -0.4 is 4.31 Å². The van der Waals surface area contributed by atoms with Gasteiger partial charge in [-0.05, 0) is 43.3 Å². The molecule has 138 valence electrons. The van der Waals surface area contributed by atoms with Crippen molar-refractivity contribution in [2.45, 2.75) is 23.6 Å². The van der Waals surface area contributed by atoms with Crippen molar-refractivity contribution in [1.82, 2.24) is 0 Å². The number of anilines is 1. The van der Waals surface area contributed by atoms with Gasteiger partial charge in [-0.1, -0.05) is 30.0 Å². The summed E-state index contributed by atoms with van der Waals surface area (Å²) in [5.74, 6) is 3.95. The average molecular weight is 383 g/mol. The molecule has 2 aromatic rings. The smallest absolute Gasteiger partial charge is 0.370 e. The van der Waals surface area contributed by atoms with Gasteiger partial charge in [0, 0.05) is 12.6 Å². The monoisotopic (exact) mass is 383 g/mol. The molecule has 26 heavy (non-hydrogen) atoms. The maximum Gasteiger partial charge on any atom is 0.428 e. The Labute approximate surface area is 149 Å². The maximum absolute atomic E-state index is 12.6. The van der Waals surface area contributed by atoms with Gasteiger partial charge in [0.25, 0.3) is 10.0 Å². The summed E-state index contributed by atoms with van der Waals surface area (Å²) in [4.78, 5) is -0.0306. The van der Waals surface area contributed by atoms with Crippen LogP contribution in [0.3, 0.4) is 0 Å². The van der Waals surface area contributed by atoms with Crippen LogP contribution in [0.4, 0.5) is 18.9 Å². The number of para-hydroxylation sites is 1.